The van der Waals surface area contributed by atoms with Gasteiger partial charge in [-0.2, -0.15) is 0 Å². The summed E-state index contributed by atoms with van der Waals surface area (Å²) in [6, 6.07) is 18.7. The minimum Gasteiger partial charge on any atom is -0.351 e. The average Bonchev–Trinajstić information content (AvgIpc) is 2.72. The Hall–Kier alpha value is -1.54. The standard InChI is InChI=1S/C9H8BrN.C7H8/c1-11-5-4-7-6-8(10)2-3-9(7)11;1-7-5-3-2-4-6-7/h2-6H,1H3;2-6H,1H3. The number of hydrogen-bond donors (Lipinski definition) is 0. The molecule has 0 aliphatic carbocycles. The highest BCUT2D eigenvalue weighted by molar-refractivity contribution is 9.10. The fourth-order valence-electron chi connectivity index (χ4n) is 1.79. The Labute approximate surface area is 116 Å². The van der Waals surface area contributed by atoms with Gasteiger partial charge in [0.1, 0.15) is 0 Å². The zero-order chi connectivity index (χ0) is 13.0. The smallest absolute Gasteiger partial charge is 0.0478 e. The summed E-state index contributed by atoms with van der Waals surface area (Å²) in [7, 11) is 2.05. The Balaban J connectivity index is 0.000000149. The van der Waals surface area contributed by atoms with Gasteiger partial charge in [0.2, 0.25) is 0 Å². The van der Waals surface area contributed by atoms with E-state index in [1.807, 2.05) is 18.2 Å². The maximum atomic E-state index is 3.43. The first kappa shape index (κ1) is 12.9. The lowest BCUT2D eigenvalue weighted by Crippen LogP contribution is -1.81. The molecule has 0 aliphatic rings. The molecule has 0 fully saturated rings. The molecule has 3 aromatic rings. The molecule has 0 spiro atoms. The summed E-state index contributed by atoms with van der Waals surface area (Å²) in [5, 5.41) is 1.28. The van der Waals surface area contributed by atoms with Gasteiger partial charge in [-0.3, -0.25) is 0 Å². The zero-order valence-electron chi connectivity index (χ0n) is 10.6. The lowest BCUT2D eigenvalue weighted by atomic mass is 10.2. The normalized spacial score (nSPS) is 9.94. The maximum Gasteiger partial charge on any atom is 0.0478 e. The van der Waals surface area contributed by atoms with Gasteiger partial charge < -0.3 is 4.57 Å². The van der Waals surface area contributed by atoms with Gasteiger partial charge >= 0.3 is 0 Å². The third-order valence-electron chi connectivity index (χ3n) is 2.79. The van der Waals surface area contributed by atoms with E-state index in [9.17, 15) is 0 Å². The fraction of sp³-hybridized carbons (Fsp3) is 0.125. The predicted octanol–water partition coefficient (Wildman–Crippen LogP) is 4.94. The van der Waals surface area contributed by atoms with Gasteiger partial charge in [0.25, 0.3) is 0 Å². The Morgan fingerprint density at radius 2 is 1.67 bits per heavy atom. The number of aromatic nitrogens is 1. The summed E-state index contributed by atoms with van der Waals surface area (Å²) >= 11 is 3.43. The SMILES string of the molecule is Cc1ccccc1.Cn1ccc2cc(Br)ccc21. The van der Waals surface area contributed by atoms with Gasteiger partial charge in [0, 0.05) is 28.6 Å². The van der Waals surface area contributed by atoms with Crippen molar-refractivity contribution in [1.29, 1.82) is 0 Å². The van der Waals surface area contributed by atoms with E-state index in [2.05, 4.69) is 77.1 Å². The van der Waals surface area contributed by atoms with Crippen LogP contribution >= 0.6 is 15.9 Å². The van der Waals surface area contributed by atoms with Gasteiger partial charge in [-0.05, 0) is 31.2 Å². The van der Waals surface area contributed by atoms with Crippen molar-refractivity contribution in [2.24, 2.45) is 7.05 Å². The van der Waals surface area contributed by atoms with E-state index in [0.717, 1.165) is 4.47 Å². The highest BCUT2D eigenvalue weighted by Gasteiger charge is 1.96. The molecule has 0 radical (unpaired) electrons. The van der Waals surface area contributed by atoms with Crippen molar-refractivity contribution in [3.63, 3.8) is 0 Å². The van der Waals surface area contributed by atoms with Gasteiger partial charge in [0.05, 0.1) is 0 Å². The first-order chi connectivity index (χ1) is 8.66. The van der Waals surface area contributed by atoms with Gasteiger partial charge in [-0.25, -0.2) is 0 Å². The second-order valence-electron chi connectivity index (χ2n) is 4.28. The van der Waals surface area contributed by atoms with E-state index in [4.69, 9.17) is 0 Å². The van der Waals surface area contributed by atoms with Crippen molar-refractivity contribution in [1.82, 2.24) is 4.57 Å². The molecular formula is C16H16BrN. The van der Waals surface area contributed by atoms with Crippen molar-refractivity contribution >= 4 is 26.8 Å². The molecule has 0 amide bonds. The molecule has 3 rings (SSSR count). The number of nitrogens with zero attached hydrogens (tertiary/aromatic N) is 1. The molecular weight excluding hydrogens is 286 g/mol. The van der Waals surface area contributed by atoms with E-state index in [1.165, 1.54) is 16.5 Å². The van der Waals surface area contributed by atoms with Crippen molar-refractivity contribution in [2.75, 3.05) is 0 Å². The molecule has 0 saturated heterocycles. The Kier molecular flexibility index (Phi) is 4.21. The van der Waals surface area contributed by atoms with Gasteiger partial charge in [-0.1, -0.05) is 51.8 Å². The largest absolute Gasteiger partial charge is 0.351 e. The van der Waals surface area contributed by atoms with E-state index in [0.29, 0.717) is 0 Å². The third kappa shape index (κ3) is 3.23. The van der Waals surface area contributed by atoms with Crippen LogP contribution in [-0.4, -0.2) is 4.57 Å². The number of aryl methyl sites for hydroxylation is 2. The molecule has 1 aromatic heterocycles. The lowest BCUT2D eigenvalue weighted by molar-refractivity contribution is 0.969. The summed E-state index contributed by atoms with van der Waals surface area (Å²) in [5.41, 5.74) is 2.59. The van der Waals surface area contributed by atoms with Crippen LogP contribution in [0, 0.1) is 6.92 Å². The number of benzene rings is 2. The minimum absolute atomic E-state index is 1.14. The second kappa shape index (κ2) is 5.87. The molecule has 2 heteroatoms. The minimum atomic E-state index is 1.14. The Bertz CT molecular complexity index is 626. The summed E-state index contributed by atoms with van der Waals surface area (Å²) in [6.07, 6.45) is 2.07. The van der Waals surface area contributed by atoms with Crippen LogP contribution in [-0.2, 0) is 7.05 Å². The molecule has 1 heterocycles. The van der Waals surface area contributed by atoms with Crippen LogP contribution in [0.2, 0.25) is 0 Å². The summed E-state index contributed by atoms with van der Waals surface area (Å²) < 4.78 is 3.25. The molecule has 0 atom stereocenters. The highest BCUT2D eigenvalue weighted by Crippen LogP contribution is 2.19. The summed E-state index contributed by atoms with van der Waals surface area (Å²) in [5.74, 6) is 0. The monoisotopic (exact) mass is 301 g/mol. The third-order valence-corrected chi connectivity index (χ3v) is 3.28. The molecule has 0 unspecified atom stereocenters. The Morgan fingerprint density at radius 3 is 2.28 bits per heavy atom. The number of halogens is 1. The van der Waals surface area contributed by atoms with Gasteiger partial charge in [0.15, 0.2) is 0 Å². The van der Waals surface area contributed by atoms with Crippen LogP contribution in [0.5, 0.6) is 0 Å². The quantitative estimate of drug-likeness (QED) is 0.554. The van der Waals surface area contributed by atoms with Crippen LogP contribution in [0.1, 0.15) is 5.56 Å². The molecule has 92 valence electrons. The molecule has 0 aliphatic heterocycles. The number of rotatable bonds is 0. The van der Waals surface area contributed by atoms with Crippen molar-refractivity contribution in [2.45, 2.75) is 6.92 Å². The maximum absolute atomic E-state index is 3.43. The van der Waals surface area contributed by atoms with E-state index in [1.54, 1.807) is 0 Å². The van der Waals surface area contributed by atoms with Crippen LogP contribution in [0.4, 0.5) is 0 Å². The second-order valence-corrected chi connectivity index (χ2v) is 5.20. The molecule has 0 N–H and O–H groups in total. The van der Waals surface area contributed by atoms with Crippen LogP contribution < -0.4 is 0 Å². The van der Waals surface area contributed by atoms with E-state index < -0.39 is 0 Å². The molecule has 1 nitrogen and oxygen atoms in total. The van der Waals surface area contributed by atoms with E-state index in [-0.39, 0.29) is 0 Å². The van der Waals surface area contributed by atoms with Gasteiger partial charge in [-0.15, -0.1) is 0 Å². The van der Waals surface area contributed by atoms with Crippen LogP contribution in [0.3, 0.4) is 0 Å². The molecule has 0 saturated carbocycles. The first-order valence-electron chi connectivity index (χ1n) is 5.89. The number of fused-ring (bicyclic) bond motifs is 1. The number of hydrogen-bond acceptors (Lipinski definition) is 0. The van der Waals surface area contributed by atoms with Crippen molar-refractivity contribution in [3.8, 4) is 0 Å². The molecule has 18 heavy (non-hydrogen) atoms. The fourth-order valence-corrected chi connectivity index (χ4v) is 2.17. The lowest BCUT2D eigenvalue weighted by Gasteiger charge is -1.94. The first-order valence-corrected chi connectivity index (χ1v) is 6.68. The topological polar surface area (TPSA) is 4.93 Å². The average molecular weight is 302 g/mol. The molecule has 0 bridgehead atoms. The molecule has 2 aromatic carbocycles. The van der Waals surface area contributed by atoms with Crippen LogP contribution in [0.15, 0.2) is 65.3 Å². The summed E-state index contributed by atoms with van der Waals surface area (Å²) in [6.45, 7) is 2.08. The van der Waals surface area contributed by atoms with Crippen molar-refractivity contribution < 1.29 is 0 Å². The predicted molar refractivity (Wildman–Crippen MR) is 81.8 cm³/mol. The van der Waals surface area contributed by atoms with E-state index >= 15 is 0 Å². The summed E-state index contributed by atoms with van der Waals surface area (Å²) in [4.78, 5) is 0. The highest BCUT2D eigenvalue weighted by atomic mass is 79.9. The van der Waals surface area contributed by atoms with Crippen LogP contribution in [0.25, 0.3) is 10.9 Å². The Morgan fingerprint density at radius 1 is 0.944 bits per heavy atom. The zero-order valence-corrected chi connectivity index (χ0v) is 12.2. The van der Waals surface area contributed by atoms with Crippen molar-refractivity contribution in [3.05, 3.63) is 70.8 Å².